The predicted octanol–water partition coefficient (Wildman–Crippen LogP) is 3.64. The average Bonchev–Trinajstić information content (AvgIpc) is 3.15. The van der Waals surface area contributed by atoms with Crippen molar-refractivity contribution in [1.29, 1.82) is 0 Å². The molecule has 1 aromatic carbocycles. The molecule has 0 bridgehead atoms. The van der Waals surface area contributed by atoms with Crippen LogP contribution < -0.4 is 14.8 Å². The van der Waals surface area contributed by atoms with Crippen LogP contribution in [0.4, 0.5) is 5.69 Å². The second kappa shape index (κ2) is 7.31. The van der Waals surface area contributed by atoms with E-state index >= 15 is 0 Å². The Morgan fingerprint density at radius 2 is 1.85 bits per heavy atom. The zero-order chi connectivity index (χ0) is 18.1. The number of nitrogens with zero attached hydrogens (tertiary/aromatic N) is 2. The maximum atomic E-state index is 5.55. The van der Waals surface area contributed by atoms with Gasteiger partial charge in [0.25, 0.3) is 0 Å². The molecule has 0 amide bonds. The van der Waals surface area contributed by atoms with E-state index in [1.807, 2.05) is 6.07 Å². The molecule has 1 N–H and O–H groups in total. The minimum absolute atomic E-state index is 0.529. The summed E-state index contributed by atoms with van der Waals surface area (Å²) < 4.78 is 11.0. The Labute approximate surface area is 155 Å². The number of hydrogen-bond acceptors (Lipinski definition) is 5. The molecular weight excluding hydrogens is 326 g/mol. The van der Waals surface area contributed by atoms with Crippen molar-refractivity contribution in [2.45, 2.75) is 45.1 Å². The summed E-state index contributed by atoms with van der Waals surface area (Å²) in [5.74, 6) is 1.51. The van der Waals surface area contributed by atoms with Crippen molar-refractivity contribution >= 4 is 16.6 Å². The fourth-order valence-electron chi connectivity index (χ4n) is 4.35. The van der Waals surface area contributed by atoms with E-state index in [9.17, 15) is 0 Å². The standard InChI is InChI=1S/C21H29N3O2/c1-4-24-10-8-14(9-11-24)22-21-15-6-5-7-17(15)23-18-13-20(26-3)19(25-2)12-16(18)21/h12-14H,4-11H2,1-3H3,(H,22,23). The van der Waals surface area contributed by atoms with Crippen LogP contribution in [0, 0.1) is 0 Å². The molecule has 1 aliphatic carbocycles. The third-order valence-corrected chi connectivity index (χ3v) is 5.90. The van der Waals surface area contributed by atoms with Gasteiger partial charge in [0, 0.05) is 42.0 Å². The number of benzene rings is 1. The summed E-state index contributed by atoms with van der Waals surface area (Å²) in [7, 11) is 3.37. The van der Waals surface area contributed by atoms with Gasteiger partial charge in [-0.2, -0.15) is 0 Å². The molecule has 4 rings (SSSR count). The van der Waals surface area contributed by atoms with Gasteiger partial charge in [-0.25, -0.2) is 0 Å². The Hall–Kier alpha value is -2.01. The first kappa shape index (κ1) is 17.4. The minimum Gasteiger partial charge on any atom is -0.493 e. The average molecular weight is 355 g/mol. The fourth-order valence-corrected chi connectivity index (χ4v) is 4.35. The van der Waals surface area contributed by atoms with Crippen LogP contribution in [0.2, 0.25) is 0 Å². The molecule has 2 aromatic rings. The smallest absolute Gasteiger partial charge is 0.162 e. The molecule has 0 saturated carbocycles. The molecule has 5 heteroatoms. The number of pyridine rings is 1. The Morgan fingerprint density at radius 3 is 2.54 bits per heavy atom. The van der Waals surface area contributed by atoms with E-state index in [-0.39, 0.29) is 0 Å². The lowest BCUT2D eigenvalue weighted by Crippen LogP contribution is -2.39. The van der Waals surface area contributed by atoms with Crippen molar-refractivity contribution in [3.05, 3.63) is 23.4 Å². The number of aryl methyl sites for hydroxylation is 1. The maximum Gasteiger partial charge on any atom is 0.162 e. The monoisotopic (exact) mass is 355 g/mol. The molecular formula is C21H29N3O2. The highest BCUT2D eigenvalue weighted by Crippen LogP contribution is 2.40. The number of ether oxygens (including phenoxy) is 2. The molecule has 1 aliphatic heterocycles. The highest BCUT2D eigenvalue weighted by atomic mass is 16.5. The predicted molar refractivity (Wildman–Crippen MR) is 106 cm³/mol. The molecule has 2 heterocycles. The molecule has 1 fully saturated rings. The highest BCUT2D eigenvalue weighted by Gasteiger charge is 2.24. The molecule has 140 valence electrons. The zero-order valence-electron chi connectivity index (χ0n) is 16.1. The maximum absolute atomic E-state index is 5.55. The van der Waals surface area contributed by atoms with E-state index < -0.39 is 0 Å². The van der Waals surface area contributed by atoms with Gasteiger partial charge in [0.15, 0.2) is 11.5 Å². The lowest BCUT2D eigenvalue weighted by Gasteiger charge is -2.32. The van der Waals surface area contributed by atoms with Crippen molar-refractivity contribution in [3.63, 3.8) is 0 Å². The Balaban J connectivity index is 1.74. The van der Waals surface area contributed by atoms with Crippen LogP contribution in [0.5, 0.6) is 11.5 Å². The number of aromatic nitrogens is 1. The van der Waals surface area contributed by atoms with Crippen LogP contribution in [0.25, 0.3) is 10.9 Å². The Bertz CT molecular complexity index is 798. The van der Waals surface area contributed by atoms with E-state index in [0.29, 0.717) is 6.04 Å². The first-order valence-corrected chi connectivity index (χ1v) is 9.79. The zero-order valence-corrected chi connectivity index (χ0v) is 16.1. The quantitative estimate of drug-likeness (QED) is 0.887. The SMILES string of the molecule is CCN1CCC(Nc2c3c(nc4cc(OC)c(OC)cc24)CCC3)CC1. The van der Waals surface area contributed by atoms with Crippen LogP contribution >= 0.6 is 0 Å². The lowest BCUT2D eigenvalue weighted by atomic mass is 10.0. The molecule has 2 aliphatic rings. The molecule has 0 unspecified atom stereocenters. The summed E-state index contributed by atoms with van der Waals surface area (Å²) in [6.45, 7) is 5.75. The number of fused-ring (bicyclic) bond motifs is 2. The largest absolute Gasteiger partial charge is 0.493 e. The summed E-state index contributed by atoms with van der Waals surface area (Å²) >= 11 is 0. The Kier molecular flexibility index (Phi) is 4.90. The van der Waals surface area contributed by atoms with E-state index in [1.165, 1.54) is 49.3 Å². The number of anilines is 1. The van der Waals surface area contributed by atoms with Gasteiger partial charge < -0.3 is 19.7 Å². The number of methoxy groups -OCH3 is 2. The summed E-state index contributed by atoms with van der Waals surface area (Å²) in [5.41, 5.74) is 4.93. The van der Waals surface area contributed by atoms with E-state index in [4.69, 9.17) is 14.5 Å². The van der Waals surface area contributed by atoms with Crippen LogP contribution in [-0.4, -0.2) is 49.8 Å². The molecule has 5 nitrogen and oxygen atoms in total. The van der Waals surface area contributed by atoms with Crippen molar-refractivity contribution < 1.29 is 9.47 Å². The molecule has 0 atom stereocenters. The van der Waals surface area contributed by atoms with E-state index in [2.05, 4.69) is 23.2 Å². The molecule has 0 radical (unpaired) electrons. The second-order valence-electron chi connectivity index (χ2n) is 7.34. The number of rotatable bonds is 5. The summed E-state index contributed by atoms with van der Waals surface area (Å²) in [6, 6.07) is 4.63. The molecule has 26 heavy (non-hydrogen) atoms. The highest BCUT2D eigenvalue weighted by molar-refractivity contribution is 5.96. The summed E-state index contributed by atoms with van der Waals surface area (Å²) in [5, 5.41) is 5.05. The van der Waals surface area contributed by atoms with Gasteiger partial charge in [-0.05, 0) is 50.3 Å². The van der Waals surface area contributed by atoms with Gasteiger partial charge in [-0.1, -0.05) is 6.92 Å². The van der Waals surface area contributed by atoms with Crippen LogP contribution in [-0.2, 0) is 12.8 Å². The van der Waals surface area contributed by atoms with Crippen LogP contribution in [0.15, 0.2) is 12.1 Å². The van der Waals surface area contributed by atoms with Gasteiger partial charge in [-0.3, -0.25) is 4.98 Å². The third kappa shape index (κ3) is 3.09. The van der Waals surface area contributed by atoms with Crippen molar-refractivity contribution in [3.8, 4) is 11.5 Å². The molecule has 1 aromatic heterocycles. The number of piperidine rings is 1. The second-order valence-corrected chi connectivity index (χ2v) is 7.34. The van der Waals surface area contributed by atoms with Crippen molar-refractivity contribution in [1.82, 2.24) is 9.88 Å². The van der Waals surface area contributed by atoms with Gasteiger partial charge in [-0.15, -0.1) is 0 Å². The van der Waals surface area contributed by atoms with Crippen molar-refractivity contribution in [2.75, 3.05) is 39.2 Å². The van der Waals surface area contributed by atoms with Gasteiger partial charge in [0.05, 0.1) is 19.7 Å². The van der Waals surface area contributed by atoms with E-state index in [1.54, 1.807) is 14.2 Å². The summed E-state index contributed by atoms with van der Waals surface area (Å²) in [6.07, 6.45) is 5.76. The number of hydrogen-bond donors (Lipinski definition) is 1. The van der Waals surface area contributed by atoms with E-state index in [0.717, 1.165) is 41.8 Å². The van der Waals surface area contributed by atoms with Crippen LogP contribution in [0.1, 0.15) is 37.4 Å². The fraction of sp³-hybridized carbons (Fsp3) is 0.571. The molecule has 1 saturated heterocycles. The minimum atomic E-state index is 0.529. The first-order valence-electron chi connectivity index (χ1n) is 9.79. The summed E-state index contributed by atoms with van der Waals surface area (Å²) in [4.78, 5) is 7.46. The third-order valence-electron chi connectivity index (χ3n) is 5.90. The van der Waals surface area contributed by atoms with Crippen molar-refractivity contribution in [2.24, 2.45) is 0 Å². The normalized spacial score (nSPS) is 18.1. The number of likely N-dealkylation sites (tertiary alicyclic amines) is 1. The van der Waals surface area contributed by atoms with Gasteiger partial charge in [0.2, 0.25) is 0 Å². The van der Waals surface area contributed by atoms with Gasteiger partial charge in [0.1, 0.15) is 0 Å². The Morgan fingerprint density at radius 1 is 1.12 bits per heavy atom. The topological polar surface area (TPSA) is 46.6 Å². The molecule has 0 spiro atoms. The van der Waals surface area contributed by atoms with Gasteiger partial charge >= 0.3 is 0 Å². The first-order chi connectivity index (χ1) is 12.7. The van der Waals surface area contributed by atoms with Crippen LogP contribution in [0.3, 0.4) is 0 Å². The lowest BCUT2D eigenvalue weighted by molar-refractivity contribution is 0.229. The number of nitrogens with one attached hydrogen (secondary N) is 1.